The molecule has 0 fully saturated rings. The summed E-state index contributed by atoms with van der Waals surface area (Å²) in [4.78, 5) is 2.36. The largest absolute Gasteiger partial charge is 0.331 e. The minimum atomic E-state index is -0.276. The molecule has 4 heteroatoms. The quantitative estimate of drug-likeness (QED) is 0.226. The van der Waals surface area contributed by atoms with Crippen LogP contribution in [-0.2, 0) is 19.5 Å². The van der Waals surface area contributed by atoms with E-state index >= 15 is 0 Å². The Hall–Kier alpha value is -2.45. The molecule has 0 aliphatic rings. The number of nitrogens with two attached hydrogens (primary N) is 1. The van der Waals surface area contributed by atoms with Gasteiger partial charge in [0.15, 0.2) is 0 Å². The molecular weight excluding hydrogens is 537 g/mol. The third kappa shape index (κ3) is 5.86. The summed E-state index contributed by atoms with van der Waals surface area (Å²) in [6.45, 7) is 8.61. The van der Waals surface area contributed by atoms with E-state index in [1.807, 2.05) is 24.3 Å². The molecule has 2 unspecified atom stereocenters. The summed E-state index contributed by atoms with van der Waals surface area (Å²) in [5.74, 6) is 0.297. The van der Waals surface area contributed by atoms with Gasteiger partial charge >= 0.3 is 0 Å². The summed E-state index contributed by atoms with van der Waals surface area (Å²) in [6, 6.07) is 33.4. The van der Waals surface area contributed by atoms with Gasteiger partial charge in [0, 0.05) is 25.2 Å². The van der Waals surface area contributed by atoms with Crippen LogP contribution in [0.4, 0.5) is 11.4 Å². The van der Waals surface area contributed by atoms with Crippen LogP contribution in [0.5, 0.6) is 0 Å². The average Bonchev–Trinajstić information content (AvgIpc) is 2.85. The second-order valence-corrected chi connectivity index (χ2v) is 9.66. The Labute approximate surface area is 227 Å². The summed E-state index contributed by atoms with van der Waals surface area (Å²) in [5.41, 5.74) is 14.9. The van der Waals surface area contributed by atoms with Crippen molar-refractivity contribution in [3.05, 3.63) is 130 Å². The number of aryl methyl sites for hydroxylation is 2. The fourth-order valence-corrected chi connectivity index (χ4v) is 4.81. The molecule has 0 aromatic heterocycles. The van der Waals surface area contributed by atoms with Gasteiger partial charge in [-0.1, -0.05) is 116 Å². The van der Waals surface area contributed by atoms with Crippen LogP contribution in [0, 0.1) is 13.8 Å². The Bertz CT molecular complexity index is 1220. The molecule has 0 aliphatic heterocycles. The first kappa shape index (κ1) is 27.1. The number of benzene rings is 4. The van der Waals surface area contributed by atoms with Gasteiger partial charge in [-0.25, -0.2) is 0 Å². The first-order chi connectivity index (χ1) is 16.4. The van der Waals surface area contributed by atoms with Crippen molar-refractivity contribution in [1.29, 1.82) is 0 Å². The molecule has 35 heavy (non-hydrogen) atoms. The zero-order valence-electron chi connectivity index (χ0n) is 20.7. The van der Waals surface area contributed by atoms with Crippen molar-refractivity contribution in [2.45, 2.75) is 45.7 Å². The van der Waals surface area contributed by atoms with Gasteiger partial charge in [0.2, 0.25) is 0 Å². The van der Waals surface area contributed by atoms with Crippen molar-refractivity contribution in [2.75, 3.05) is 4.90 Å². The summed E-state index contributed by atoms with van der Waals surface area (Å²) >= 11 is 7.12. The van der Waals surface area contributed by atoms with Gasteiger partial charge < -0.3 is 10.6 Å². The predicted molar refractivity (Wildman–Crippen MR) is 146 cm³/mol. The van der Waals surface area contributed by atoms with Crippen LogP contribution >= 0.6 is 11.6 Å². The van der Waals surface area contributed by atoms with E-state index in [2.05, 4.69) is 105 Å². The number of hydrogen-bond donors (Lipinski definition) is 1. The van der Waals surface area contributed by atoms with Crippen LogP contribution in [0.3, 0.4) is 0 Å². The van der Waals surface area contributed by atoms with Crippen LogP contribution in [0.25, 0.3) is 0 Å². The van der Waals surface area contributed by atoms with Crippen molar-refractivity contribution >= 4 is 23.0 Å². The molecule has 4 aromatic carbocycles. The number of rotatable bonds is 7. The second kappa shape index (κ2) is 12.0. The zero-order chi connectivity index (χ0) is 24.2. The van der Waals surface area contributed by atoms with Crippen molar-refractivity contribution in [3.8, 4) is 0 Å². The normalized spacial score (nSPS) is 12.7. The molecule has 182 valence electrons. The number of anilines is 2. The fraction of sp³-hybridized carbons (Fsp3) is 0.226. The van der Waals surface area contributed by atoms with E-state index < -0.39 is 0 Å². The van der Waals surface area contributed by atoms with Gasteiger partial charge in [-0.2, -0.15) is 0 Å². The first-order valence-corrected chi connectivity index (χ1v) is 12.3. The first-order valence-electron chi connectivity index (χ1n) is 11.9. The van der Waals surface area contributed by atoms with E-state index in [1.54, 1.807) is 0 Å². The van der Waals surface area contributed by atoms with Gasteiger partial charge in [-0.3, -0.25) is 0 Å². The van der Waals surface area contributed by atoms with E-state index in [-0.39, 0.29) is 31.6 Å². The minimum absolute atomic E-state index is 0. The fourth-order valence-electron chi connectivity index (χ4n) is 4.55. The minimum Gasteiger partial charge on any atom is -0.331 e. The second-order valence-electron chi connectivity index (χ2n) is 9.29. The Morgan fingerprint density at radius 3 is 1.80 bits per heavy atom. The zero-order valence-corrected chi connectivity index (χ0v) is 23.2. The van der Waals surface area contributed by atoms with Crippen LogP contribution in [0.1, 0.15) is 59.7 Å². The number of halogens is 1. The maximum absolute atomic E-state index is 7.12. The van der Waals surface area contributed by atoms with Crippen molar-refractivity contribution in [1.82, 2.24) is 0 Å². The summed E-state index contributed by atoms with van der Waals surface area (Å²) < 4.78 is 0. The Kier molecular flexibility index (Phi) is 9.30. The van der Waals surface area contributed by atoms with Gasteiger partial charge in [0.05, 0.1) is 22.8 Å². The molecule has 4 rings (SSSR count). The standard InChI is InChI=1S/C31H33ClN2.Ru/c1-21(2)27-20-17-23(4)28(32)31(27)34(26-18-15-22(3)16-19-26)30(25-13-9-6-10-14-25)29(33)24-11-7-5-8-12-24;/h5-21,29-30H,33H2,1-4H3;. The Morgan fingerprint density at radius 1 is 0.714 bits per heavy atom. The van der Waals surface area contributed by atoms with Crippen LogP contribution in [0.2, 0.25) is 5.02 Å². The topological polar surface area (TPSA) is 29.3 Å². The molecule has 0 aliphatic carbocycles. The molecular formula is C31H33ClN2Ru. The summed E-state index contributed by atoms with van der Waals surface area (Å²) in [7, 11) is 0. The number of hydrogen-bond acceptors (Lipinski definition) is 2. The Morgan fingerprint density at radius 2 is 1.26 bits per heavy atom. The van der Waals surface area contributed by atoms with Gasteiger partial charge in [-0.15, -0.1) is 0 Å². The van der Waals surface area contributed by atoms with E-state index in [0.29, 0.717) is 5.92 Å². The van der Waals surface area contributed by atoms with E-state index in [0.717, 1.165) is 33.1 Å². The molecule has 2 nitrogen and oxygen atoms in total. The third-order valence-electron chi connectivity index (χ3n) is 6.46. The van der Waals surface area contributed by atoms with Crippen LogP contribution < -0.4 is 10.6 Å². The van der Waals surface area contributed by atoms with E-state index in [1.165, 1.54) is 11.1 Å². The van der Waals surface area contributed by atoms with Crippen LogP contribution in [-0.4, -0.2) is 0 Å². The van der Waals surface area contributed by atoms with E-state index in [9.17, 15) is 0 Å². The van der Waals surface area contributed by atoms with Gasteiger partial charge in [0.1, 0.15) is 0 Å². The number of nitrogens with zero attached hydrogens (tertiary/aromatic N) is 1. The molecule has 0 radical (unpaired) electrons. The Balaban J connectivity index is 0.00000342. The molecule has 2 N–H and O–H groups in total. The van der Waals surface area contributed by atoms with Crippen LogP contribution in [0.15, 0.2) is 97.1 Å². The average molecular weight is 570 g/mol. The molecule has 4 aromatic rings. The smallest absolute Gasteiger partial charge is 0.0785 e. The maximum atomic E-state index is 7.12. The summed E-state index contributed by atoms with van der Waals surface area (Å²) in [6.07, 6.45) is 0. The monoisotopic (exact) mass is 570 g/mol. The molecule has 0 heterocycles. The van der Waals surface area contributed by atoms with Crippen molar-refractivity contribution in [2.24, 2.45) is 5.73 Å². The molecule has 0 amide bonds. The maximum Gasteiger partial charge on any atom is 0.0785 e. The van der Waals surface area contributed by atoms with E-state index in [4.69, 9.17) is 17.3 Å². The SMILES string of the molecule is Cc1ccc(N(c2c(C(C)C)ccc(C)c2Cl)C(c2ccccc2)C(N)c2ccccc2)cc1.[Ru]. The summed E-state index contributed by atoms with van der Waals surface area (Å²) in [5, 5.41) is 0.771. The molecule has 0 bridgehead atoms. The van der Waals surface area contributed by atoms with Crippen molar-refractivity contribution < 1.29 is 19.5 Å². The predicted octanol–water partition coefficient (Wildman–Crippen LogP) is 8.66. The molecule has 2 atom stereocenters. The molecule has 0 saturated heterocycles. The third-order valence-corrected chi connectivity index (χ3v) is 6.94. The molecule has 0 saturated carbocycles. The van der Waals surface area contributed by atoms with Gasteiger partial charge in [-0.05, 0) is 54.2 Å². The molecule has 0 spiro atoms. The van der Waals surface area contributed by atoms with Gasteiger partial charge in [0.25, 0.3) is 0 Å². The van der Waals surface area contributed by atoms with Crippen molar-refractivity contribution in [3.63, 3.8) is 0 Å².